The Labute approximate surface area is 159 Å². The van der Waals surface area contributed by atoms with E-state index in [2.05, 4.69) is 13.2 Å². The van der Waals surface area contributed by atoms with Crippen molar-refractivity contribution in [3.05, 3.63) is 54.6 Å². The Morgan fingerprint density at radius 3 is 2.52 bits per heavy atom. The molecule has 1 aliphatic carbocycles. The lowest BCUT2D eigenvalue weighted by Gasteiger charge is -2.44. The van der Waals surface area contributed by atoms with E-state index in [1.807, 2.05) is 12.1 Å². The molecule has 0 aromatic heterocycles. The molecule has 5 heteroatoms. The number of esters is 1. The molecule has 1 amide bonds. The fourth-order valence-corrected chi connectivity index (χ4v) is 4.49. The summed E-state index contributed by atoms with van der Waals surface area (Å²) in [6.45, 7) is 9.01. The van der Waals surface area contributed by atoms with Crippen LogP contribution in [0.5, 0.6) is 0 Å². The number of likely N-dealkylation sites (tertiary alicyclic amines) is 1. The van der Waals surface area contributed by atoms with E-state index in [0.29, 0.717) is 37.9 Å². The first-order valence-electron chi connectivity index (χ1n) is 9.26. The van der Waals surface area contributed by atoms with Crippen molar-refractivity contribution >= 4 is 23.2 Å². The number of amides is 1. The molecule has 1 aliphatic heterocycles. The second-order valence-corrected chi connectivity index (χ2v) is 7.22. The summed E-state index contributed by atoms with van der Waals surface area (Å²) in [5.74, 6) is -0.681. The predicted octanol–water partition coefficient (Wildman–Crippen LogP) is 3.26. The average molecular weight is 367 g/mol. The minimum absolute atomic E-state index is 0.0265. The largest absolute Gasteiger partial charge is 0.465 e. The molecule has 5 nitrogen and oxygen atoms in total. The quantitative estimate of drug-likeness (QED) is 0.455. The number of rotatable bonds is 5. The molecule has 1 saturated heterocycles. The highest BCUT2D eigenvalue weighted by molar-refractivity contribution is 6.09. The molecular weight excluding hydrogens is 342 g/mol. The molecule has 1 spiro atoms. The molecule has 2 aliphatic rings. The van der Waals surface area contributed by atoms with Gasteiger partial charge in [0.2, 0.25) is 5.91 Å². The molecule has 1 aromatic carbocycles. The van der Waals surface area contributed by atoms with Crippen molar-refractivity contribution in [2.45, 2.75) is 25.7 Å². The van der Waals surface area contributed by atoms with Gasteiger partial charge in [0.25, 0.3) is 0 Å². The number of nitrogens with zero attached hydrogens (tertiary/aromatic N) is 1. The number of benzene rings is 1. The van der Waals surface area contributed by atoms with Crippen molar-refractivity contribution in [1.82, 2.24) is 4.90 Å². The van der Waals surface area contributed by atoms with E-state index in [1.165, 1.54) is 7.11 Å². The summed E-state index contributed by atoms with van der Waals surface area (Å²) < 4.78 is 4.73. The van der Waals surface area contributed by atoms with Gasteiger partial charge in [0.1, 0.15) is 11.2 Å². The van der Waals surface area contributed by atoms with Crippen LogP contribution in [0, 0.1) is 11.3 Å². The number of Topliss-reactive ketones (excluding diaryl/α,β-unsaturated/α-hetero) is 1. The van der Waals surface area contributed by atoms with Crippen molar-refractivity contribution < 1.29 is 19.1 Å². The van der Waals surface area contributed by atoms with Crippen molar-refractivity contribution in [1.29, 1.82) is 0 Å². The molecule has 1 heterocycles. The summed E-state index contributed by atoms with van der Waals surface area (Å²) in [6, 6.07) is 6.99. The molecule has 27 heavy (non-hydrogen) atoms. The number of hydrogen-bond acceptors (Lipinski definition) is 4. The third-order valence-corrected chi connectivity index (χ3v) is 5.87. The molecule has 142 valence electrons. The van der Waals surface area contributed by atoms with Crippen LogP contribution < -0.4 is 0 Å². The van der Waals surface area contributed by atoms with Crippen molar-refractivity contribution in [3.8, 4) is 0 Å². The summed E-state index contributed by atoms with van der Waals surface area (Å²) in [5.41, 5.74) is 1.09. The van der Waals surface area contributed by atoms with E-state index < -0.39 is 11.4 Å². The van der Waals surface area contributed by atoms with Crippen LogP contribution in [0.4, 0.5) is 0 Å². The van der Waals surface area contributed by atoms with E-state index in [4.69, 9.17) is 4.74 Å². The number of ether oxygens (including phenoxy) is 1. The average Bonchev–Trinajstić information content (AvgIpc) is 3.06. The van der Waals surface area contributed by atoms with Crippen molar-refractivity contribution in [2.75, 3.05) is 20.2 Å². The number of methoxy groups -OCH3 is 1. The molecule has 0 radical (unpaired) electrons. The topological polar surface area (TPSA) is 63.7 Å². The van der Waals surface area contributed by atoms with Crippen LogP contribution in [0.1, 0.15) is 41.6 Å². The van der Waals surface area contributed by atoms with Gasteiger partial charge in [-0.1, -0.05) is 24.8 Å². The van der Waals surface area contributed by atoms with Crippen LogP contribution in [0.3, 0.4) is 0 Å². The first-order valence-corrected chi connectivity index (χ1v) is 9.26. The number of ketones is 1. The number of carbonyl (C=O) groups excluding carboxylic acids is 3. The van der Waals surface area contributed by atoms with Gasteiger partial charge in [-0.3, -0.25) is 9.59 Å². The fourth-order valence-electron chi connectivity index (χ4n) is 4.49. The minimum atomic E-state index is -1.00. The third kappa shape index (κ3) is 3.11. The molecule has 2 fully saturated rings. The Morgan fingerprint density at radius 1 is 1.30 bits per heavy atom. The lowest BCUT2D eigenvalue weighted by molar-refractivity contribution is -0.154. The summed E-state index contributed by atoms with van der Waals surface area (Å²) in [4.78, 5) is 39.5. The third-order valence-electron chi connectivity index (χ3n) is 5.87. The number of hydrogen-bond donors (Lipinski definition) is 0. The summed E-state index contributed by atoms with van der Waals surface area (Å²) >= 11 is 0. The van der Waals surface area contributed by atoms with Crippen LogP contribution in [-0.4, -0.2) is 42.8 Å². The first-order chi connectivity index (χ1) is 13.0. The molecule has 0 unspecified atom stereocenters. The summed E-state index contributed by atoms with van der Waals surface area (Å²) in [5, 5.41) is 0. The molecule has 1 aromatic rings. The van der Waals surface area contributed by atoms with E-state index >= 15 is 0 Å². The van der Waals surface area contributed by atoms with E-state index in [1.54, 1.807) is 23.1 Å². The Kier molecular flexibility index (Phi) is 5.31. The Hall–Kier alpha value is -2.69. The second kappa shape index (κ2) is 7.51. The van der Waals surface area contributed by atoms with Gasteiger partial charge in [0.15, 0.2) is 0 Å². The molecule has 3 rings (SSSR count). The molecule has 0 bridgehead atoms. The Balaban J connectivity index is 1.93. The van der Waals surface area contributed by atoms with Crippen LogP contribution in [0.15, 0.2) is 43.5 Å². The summed E-state index contributed by atoms with van der Waals surface area (Å²) in [6.07, 6.45) is 4.15. The Morgan fingerprint density at radius 2 is 1.96 bits per heavy atom. The molecule has 2 atom stereocenters. The van der Waals surface area contributed by atoms with Gasteiger partial charge in [0, 0.05) is 25.4 Å². The summed E-state index contributed by atoms with van der Waals surface area (Å²) in [7, 11) is 1.34. The highest BCUT2D eigenvalue weighted by Crippen LogP contribution is 2.51. The first kappa shape index (κ1) is 19.1. The fraction of sp³-hybridized carbons (Fsp3) is 0.409. The zero-order valence-electron chi connectivity index (χ0n) is 15.7. The van der Waals surface area contributed by atoms with Gasteiger partial charge in [0.05, 0.1) is 12.7 Å². The molecule has 0 N–H and O–H groups in total. The monoisotopic (exact) mass is 367 g/mol. The smallest absolute Gasteiger partial charge is 0.337 e. The van der Waals surface area contributed by atoms with Gasteiger partial charge < -0.3 is 9.64 Å². The number of carbonyl (C=O) groups is 3. The maximum Gasteiger partial charge on any atom is 0.337 e. The number of allylic oxidation sites excluding steroid dienone is 1. The standard InChI is InChI=1S/C22H25NO4/c1-4-13-23-14-11-18(22(21(23)26)12-5-6-19(22)24)15(2)16-7-9-17(10-8-16)20(25)27-3/h4,7-10,18H,1-2,5-6,11-14H2,3H3/t18-,22+/m1/s1. The molecule has 1 saturated carbocycles. The highest BCUT2D eigenvalue weighted by Gasteiger charge is 2.57. The maximum absolute atomic E-state index is 13.2. The van der Waals surface area contributed by atoms with E-state index in [9.17, 15) is 14.4 Å². The van der Waals surface area contributed by atoms with Gasteiger partial charge >= 0.3 is 5.97 Å². The van der Waals surface area contributed by atoms with E-state index in [-0.39, 0.29) is 17.6 Å². The van der Waals surface area contributed by atoms with Gasteiger partial charge in [-0.15, -0.1) is 6.58 Å². The maximum atomic E-state index is 13.2. The van der Waals surface area contributed by atoms with E-state index in [0.717, 1.165) is 17.6 Å². The zero-order valence-corrected chi connectivity index (χ0v) is 15.7. The van der Waals surface area contributed by atoms with Crippen molar-refractivity contribution in [3.63, 3.8) is 0 Å². The number of piperidine rings is 1. The van der Waals surface area contributed by atoms with Crippen LogP contribution in [0.25, 0.3) is 5.57 Å². The second-order valence-electron chi connectivity index (χ2n) is 7.22. The lowest BCUT2D eigenvalue weighted by atomic mass is 9.64. The predicted molar refractivity (Wildman–Crippen MR) is 103 cm³/mol. The van der Waals surface area contributed by atoms with Crippen molar-refractivity contribution in [2.24, 2.45) is 11.3 Å². The lowest BCUT2D eigenvalue weighted by Crippen LogP contribution is -2.55. The van der Waals surface area contributed by atoms with Gasteiger partial charge in [-0.2, -0.15) is 0 Å². The van der Waals surface area contributed by atoms with Crippen LogP contribution >= 0.6 is 0 Å². The SMILES string of the molecule is C=CCN1CC[C@H](C(=C)c2ccc(C(=O)OC)cc2)[C@]2(CCCC2=O)C1=O. The highest BCUT2D eigenvalue weighted by atomic mass is 16.5. The minimum Gasteiger partial charge on any atom is -0.465 e. The van der Waals surface area contributed by atoms with Gasteiger partial charge in [-0.25, -0.2) is 4.79 Å². The molecular formula is C22H25NO4. The van der Waals surface area contributed by atoms with Crippen LogP contribution in [0.2, 0.25) is 0 Å². The normalized spacial score (nSPS) is 24.9. The zero-order chi connectivity index (χ0) is 19.6. The van der Waals surface area contributed by atoms with Gasteiger partial charge in [-0.05, 0) is 42.5 Å². The Bertz CT molecular complexity index is 795. The van der Waals surface area contributed by atoms with Crippen LogP contribution in [-0.2, 0) is 14.3 Å².